The maximum absolute atomic E-state index is 12.7. The van der Waals surface area contributed by atoms with Crippen molar-refractivity contribution < 1.29 is 28.3 Å². The highest BCUT2D eigenvalue weighted by Gasteiger charge is 2.31. The van der Waals surface area contributed by atoms with E-state index in [2.05, 4.69) is 10.5 Å². The summed E-state index contributed by atoms with van der Waals surface area (Å²) in [6, 6.07) is 10.8. The van der Waals surface area contributed by atoms with Gasteiger partial charge in [0.2, 0.25) is 10.0 Å². The number of amides is 1. The van der Waals surface area contributed by atoms with Gasteiger partial charge in [-0.25, -0.2) is 13.8 Å². The van der Waals surface area contributed by atoms with Gasteiger partial charge in [-0.05, 0) is 31.2 Å². The Labute approximate surface area is 175 Å². The maximum Gasteiger partial charge on any atom is 0.295 e. The Kier molecular flexibility index (Phi) is 6.70. The van der Waals surface area contributed by atoms with Gasteiger partial charge in [-0.1, -0.05) is 17.7 Å². The number of aromatic hydroxyl groups is 2. The molecule has 1 aliphatic rings. The number of sulfonamides is 1. The molecule has 0 radical (unpaired) electrons. The second-order valence-electron chi connectivity index (χ2n) is 7.18. The summed E-state index contributed by atoms with van der Waals surface area (Å²) >= 11 is 0. The van der Waals surface area contributed by atoms with E-state index in [1.54, 1.807) is 24.3 Å². The van der Waals surface area contributed by atoms with Gasteiger partial charge >= 0.3 is 0 Å². The Morgan fingerprint density at radius 2 is 1.83 bits per heavy atom. The van der Waals surface area contributed by atoms with Crippen LogP contribution in [0.2, 0.25) is 0 Å². The summed E-state index contributed by atoms with van der Waals surface area (Å²) in [5, 5.41) is 22.8. The number of carbonyl (C=O) groups is 1. The molecule has 2 aromatic carbocycles. The Morgan fingerprint density at radius 3 is 2.47 bits per heavy atom. The van der Waals surface area contributed by atoms with E-state index in [0.29, 0.717) is 31.7 Å². The number of rotatable bonds is 6. The number of phenolic OH excluding ortho intramolecular Hbond substituents is 2. The average molecular weight is 434 g/mol. The minimum Gasteiger partial charge on any atom is -0.508 e. The number of phenols is 2. The number of nitrogens with one attached hydrogen (secondary N) is 2. The van der Waals surface area contributed by atoms with Gasteiger partial charge in [0.05, 0.1) is 37.3 Å². The number of aryl methyl sites for hydroxylation is 1. The molecule has 0 aliphatic carbocycles. The third-order valence-corrected chi connectivity index (χ3v) is 6.82. The van der Waals surface area contributed by atoms with E-state index in [1.165, 1.54) is 28.7 Å². The van der Waals surface area contributed by atoms with Crippen molar-refractivity contribution in [2.24, 2.45) is 5.10 Å². The van der Waals surface area contributed by atoms with Gasteiger partial charge in [0.25, 0.3) is 5.91 Å². The standard InChI is InChI=1S/C20H24N4O5S/c1-15-2-6-18(7-3-15)30(28,29)24-10-8-23(9-11-24)14-20(27)22-21-13-16-4-5-17(25)12-19(16)26/h2-7,12-13,25-26H,8-11,14H2,1H3,(H,22,27)/p+1. The Bertz CT molecular complexity index is 1030. The van der Waals surface area contributed by atoms with Crippen LogP contribution in [-0.2, 0) is 14.8 Å². The minimum absolute atomic E-state index is 0.0687. The van der Waals surface area contributed by atoms with Crippen molar-refractivity contribution in [3.63, 3.8) is 0 Å². The number of hydrazone groups is 1. The predicted molar refractivity (Wildman–Crippen MR) is 111 cm³/mol. The first-order chi connectivity index (χ1) is 14.3. The highest BCUT2D eigenvalue weighted by molar-refractivity contribution is 7.89. The summed E-state index contributed by atoms with van der Waals surface area (Å²) in [6.07, 6.45) is 1.29. The molecule has 9 nitrogen and oxygen atoms in total. The number of piperazine rings is 1. The highest BCUT2D eigenvalue weighted by Crippen LogP contribution is 2.20. The summed E-state index contributed by atoms with van der Waals surface area (Å²) < 4.78 is 26.9. The molecule has 2 aromatic rings. The number of hydrogen-bond donors (Lipinski definition) is 4. The Hall–Kier alpha value is -2.95. The van der Waals surface area contributed by atoms with E-state index in [0.717, 1.165) is 10.5 Å². The molecule has 0 bridgehead atoms. The zero-order chi connectivity index (χ0) is 21.7. The van der Waals surface area contributed by atoms with Crippen LogP contribution in [0.15, 0.2) is 52.5 Å². The molecule has 1 amide bonds. The Balaban J connectivity index is 1.48. The predicted octanol–water partition coefficient (Wildman–Crippen LogP) is -0.554. The van der Waals surface area contributed by atoms with Gasteiger partial charge in [0, 0.05) is 11.6 Å². The fourth-order valence-electron chi connectivity index (χ4n) is 3.16. The van der Waals surface area contributed by atoms with Gasteiger partial charge in [0.1, 0.15) is 11.5 Å². The molecule has 0 spiro atoms. The average Bonchev–Trinajstić information content (AvgIpc) is 2.70. The normalized spacial score (nSPS) is 16.0. The van der Waals surface area contributed by atoms with Gasteiger partial charge in [-0.15, -0.1) is 0 Å². The molecule has 0 atom stereocenters. The zero-order valence-corrected chi connectivity index (χ0v) is 17.4. The molecule has 10 heteroatoms. The Morgan fingerprint density at radius 1 is 1.17 bits per heavy atom. The monoisotopic (exact) mass is 433 g/mol. The van der Waals surface area contributed by atoms with Crippen LogP contribution in [0.4, 0.5) is 0 Å². The number of nitrogens with zero attached hydrogens (tertiary/aromatic N) is 2. The summed E-state index contributed by atoms with van der Waals surface area (Å²) in [6.45, 7) is 3.77. The van der Waals surface area contributed by atoms with E-state index >= 15 is 0 Å². The summed E-state index contributed by atoms with van der Waals surface area (Å²) in [5.74, 6) is -0.528. The third-order valence-electron chi connectivity index (χ3n) is 4.91. The van der Waals surface area contributed by atoms with Crippen molar-refractivity contribution in [3.8, 4) is 11.5 Å². The van der Waals surface area contributed by atoms with Gasteiger partial charge in [0.15, 0.2) is 6.54 Å². The van der Waals surface area contributed by atoms with Gasteiger partial charge in [-0.2, -0.15) is 9.41 Å². The second-order valence-corrected chi connectivity index (χ2v) is 9.12. The van der Waals surface area contributed by atoms with Gasteiger partial charge in [-0.3, -0.25) is 4.79 Å². The lowest BCUT2D eigenvalue weighted by Crippen LogP contribution is -3.15. The van der Waals surface area contributed by atoms with E-state index < -0.39 is 10.0 Å². The van der Waals surface area contributed by atoms with Crippen molar-refractivity contribution in [1.29, 1.82) is 0 Å². The quantitative estimate of drug-likeness (QED) is 0.359. The first-order valence-corrected chi connectivity index (χ1v) is 10.9. The van der Waals surface area contributed by atoms with Crippen molar-refractivity contribution in [2.75, 3.05) is 32.7 Å². The van der Waals surface area contributed by atoms with Crippen LogP contribution in [0.3, 0.4) is 0 Å². The molecule has 1 aliphatic heterocycles. The number of carbonyl (C=O) groups excluding carboxylic acids is 1. The molecule has 0 aromatic heterocycles. The first-order valence-electron chi connectivity index (χ1n) is 9.50. The van der Waals surface area contributed by atoms with Crippen LogP contribution in [0.1, 0.15) is 11.1 Å². The van der Waals surface area contributed by atoms with E-state index in [1.807, 2.05) is 6.92 Å². The summed E-state index contributed by atoms with van der Waals surface area (Å²) in [7, 11) is -3.53. The number of benzene rings is 2. The molecule has 1 saturated heterocycles. The first kappa shape index (κ1) is 21.8. The molecule has 30 heavy (non-hydrogen) atoms. The fourth-order valence-corrected chi connectivity index (χ4v) is 4.60. The highest BCUT2D eigenvalue weighted by atomic mass is 32.2. The molecule has 0 saturated carbocycles. The lowest BCUT2D eigenvalue weighted by molar-refractivity contribution is -0.895. The summed E-state index contributed by atoms with van der Waals surface area (Å²) in [4.78, 5) is 13.3. The molecule has 3 rings (SSSR count). The largest absolute Gasteiger partial charge is 0.508 e. The molecule has 1 fully saturated rings. The van der Waals surface area contributed by atoms with Crippen LogP contribution >= 0.6 is 0 Å². The lowest BCUT2D eigenvalue weighted by Gasteiger charge is -2.31. The van der Waals surface area contributed by atoms with Crippen molar-refractivity contribution >= 4 is 22.1 Å². The zero-order valence-electron chi connectivity index (χ0n) is 16.6. The van der Waals surface area contributed by atoms with Crippen LogP contribution < -0.4 is 10.3 Å². The van der Waals surface area contributed by atoms with Crippen LogP contribution in [0.5, 0.6) is 11.5 Å². The lowest BCUT2D eigenvalue weighted by atomic mass is 10.2. The molecule has 160 valence electrons. The van der Waals surface area contributed by atoms with E-state index in [9.17, 15) is 23.4 Å². The maximum atomic E-state index is 12.7. The molecule has 4 N–H and O–H groups in total. The number of quaternary nitrogens is 1. The molecular weight excluding hydrogens is 408 g/mol. The smallest absolute Gasteiger partial charge is 0.295 e. The van der Waals surface area contributed by atoms with Crippen LogP contribution in [0, 0.1) is 6.92 Å². The van der Waals surface area contributed by atoms with Crippen molar-refractivity contribution in [1.82, 2.24) is 9.73 Å². The molecule has 0 unspecified atom stereocenters. The summed E-state index contributed by atoms with van der Waals surface area (Å²) in [5.41, 5.74) is 3.75. The fraction of sp³-hybridized carbons (Fsp3) is 0.300. The van der Waals surface area contributed by atoms with Crippen LogP contribution in [0.25, 0.3) is 0 Å². The third kappa shape index (κ3) is 5.35. The SMILES string of the molecule is Cc1ccc(S(=O)(=O)N2CC[NH+](CC(=O)NN=Cc3ccc(O)cc3O)CC2)cc1. The number of hydrogen-bond acceptors (Lipinski definition) is 6. The van der Waals surface area contributed by atoms with Gasteiger partial charge < -0.3 is 15.1 Å². The van der Waals surface area contributed by atoms with E-state index in [4.69, 9.17) is 0 Å². The molecule has 1 heterocycles. The minimum atomic E-state index is -3.53. The van der Waals surface area contributed by atoms with Crippen molar-refractivity contribution in [2.45, 2.75) is 11.8 Å². The second kappa shape index (κ2) is 9.24. The van der Waals surface area contributed by atoms with Crippen molar-refractivity contribution in [3.05, 3.63) is 53.6 Å². The van der Waals surface area contributed by atoms with Crippen LogP contribution in [-0.4, -0.2) is 67.8 Å². The van der Waals surface area contributed by atoms with E-state index in [-0.39, 0.29) is 28.8 Å². The molecular formula is C20H25N4O5S+. The topological polar surface area (TPSA) is 124 Å².